The maximum atomic E-state index is 10.6. The van der Waals surface area contributed by atoms with Crippen LogP contribution in [0.5, 0.6) is 0 Å². The number of benzene rings is 12. The van der Waals surface area contributed by atoms with E-state index in [1.165, 1.54) is 122 Å². The normalized spacial score (nSPS) is 12.6. The second-order valence-corrected chi connectivity index (χ2v) is 34.7. The summed E-state index contributed by atoms with van der Waals surface area (Å²) < 4.78 is 1.85. The molecule has 2 saturated carbocycles. The maximum absolute atomic E-state index is 10.6. The quantitative estimate of drug-likeness (QED) is 0.0295. The van der Waals surface area contributed by atoms with Crippen LogP contribution in [0.4, 0.5) is 45.8 Å². The summed E-state index contributed by atoms with van der Waals surface area (Å²) in [6.45, 7) is 3.25. The maximum Gasteiger partial charge on any atom is 0.306 e. The number of aromatic amines is 1. The number of H-pyrrole nitrogens is 1. The van der Waals surface area contributed by atoms with E-state index >= 15 is 0 Å². The van der Waals surface area contributed by atoms with Crippen molar-refractivity contribution < 1.29 is 61.2 Å². The zero-order valence-corrected chi connectivity index (χ0v) is 84.7. The number of anilines is 8. The van der Waals surface area contributed by atoms with Crippen LogP contribution in [0.2, 0.25) is 0 Å². The Kier molecular flexibility index (Phi) is 45.3. The third-order valence-corrected chi connectivity index (χ3v) is 24.9. The third-order valence-electron chi connectivity index (χ3n) is 23.8. The Labute approximate surface area is 885 Å². The standard InChI is InChI=1S/C12H9NS.C12H23N.C12H11N.C11H8O.3C10H7NO.C10H13N.2C9H8N2.C6H7N5.C6H5N5.CHO.CH4.Y/c1-3-7-11-9(5-1)13-10-6-2-4-8-12(10)14-11;2*1-3-7-11(8-4-1)13-12-9-5-2-6-10-12;12-8-10-6-3-5-9-4-1-2-7-11(9)10;12-7-9-6-11-5-8-3-1-2-4-10(8)9;2*12-7-8-5-6-11-10-4-2-1-3-9(8)10;11-10-7-3-5-8-4-1-2-6-9(8)10;10-8-5-1-3-7-4-2-6-11-9(7)8;10-8-4-3-7-2-1-5-11-9(7)6-8;1-11-3-10-4-5(7)8-2-9-6(4)11;7-5-4-6(11-3-10-5)9-2-1-8-4;1-2;;/h1-8,13H;11-13H,1-10H2;1-10,13H;1-8H;3*1-7H;1-2,4,6,10H,3,5,7,11H2;2*1-6H,10H2;2-3H,1H3,(H2,7,8,9);1-3H,(H2,7,9,10,11);1H;1H4;/q;;;;;;;;;;;;-1;;/p+1. The molecule has 10 heterocycles. The fourth-order valence-electron chi connectivity index (χ4n) is 16.5. The molecule has 1 radical (unpaired) electrons. The molecular weight excluding hydrogens is 1920 g/mol. The van der Waals surface area contributed by atoms with Crippen molar-refractivity contribution in [1.29, 1.82) is 0 Å². The van der Waals surface area contributed by atoms with E-state index < -0.39 is 0 Å². The summed E-state index contributed by atoms with van der Waals surface area (Å²) in [6.07, 6.45) is 39.5. The molecule has 12 aromatic carbocycles. The minimum atomic E-state index is 0. The Hall–Kier alpha value is -16.6. The van der Waals surface area contributed by atoms with E-state index in [1.807, 2.05) is 260 Å². The van der Waals surface area contributed by atoms with E-state index in [2.05, 4.69) is 155 Å². The number of aldehydes is 4. The molecule has 147 heavy (non-hydrogen) atoms. The van der Waals surface area contributed by atoms with Gasteiger partial charge < -0.3 is 49.4 Å². The summed E-state index contributed by atoms with van der Waals surface area (Å²) >= 11 is 1.82. The number of imidazole rings is 1. The molecule has 3 aliphatic carbocycles. The molecule has 9 aromatic heterocycles. The molecule has 739 valence electrons. The van der Waals surface area contributed by atoms with Crippen molar-refractivity contribution in [2.24, 2.45) is 12.8 Å². The molecule has 2 fully saturated rings. The number of nitrogen functional groups attached to an aromatic ring is 4. The Balaban J connectivity index is 0.000000152. The summed E-state index contributed by atoms with van der Waals surface area (Å²) in [5.41, 5.74) is 46.3. The largest absolute Gasteiger partial charge is 0.545 e. The average molecular weight is 2040 g/mol. The first-order chi connectivity index (χ1) is 71.3. The van der Waals surface area contributed by atoms with Crippen LogP contribution in [0, 0.1) is 0 Å². The van der Waals surface area contributed by atoms with Crippen molar-refractivity contribution in [2.45, 2.75) is 119 Å². The van der Waals surface area contributed by atoms with Crippen LogP contribution < -0.4 is 49.2 Å². The number of hydrogen-bond donors (Lipinski definition) is 9. The number of fused-ring (bicyclic) bond motifs is 11. The molecule has 26 nitrogen and oxygen atoms in total. The molecule has 1 atom stereocenters. The number of hydrogen-bond acceptors (Lipinski definition) is 25. The van der Waals surface area contributed by atoms with Gasteiger partial charge in [0.05, 0.1) is 46.2 Å². The van der Waals surface area contributed by atoms with E-state index in [-0.39, 0.29) is 40.1 Å². The van der Waals surface area contributed by atoms with Gasteiger partial charge in [0.25, 0.3) is 0 Å². The van der Waals surface area contributed by atoms with Gasteiger partial charge in [0, 0.05) is 176 Å². The number of nitrogens with zero attached hydrogens (tertiary/aromatic N) is 12. The minimum absolute atomic E-state index is 0. The second kappa shape index (κ2) is 60.1. The molecule has 0 amide bonds. The number of carbonyl (C=O) groups excluding carboxylic acids is 5. The Morgan fingerprint density at radius 3 is 1.48 bits per heavy atom. The molecule has 25 rings (SSSR count). The number of nitrogens with two attached hydrogens (primary N) is 5. The van der Waals surface area contributed by atoms with Crippen LogP contribution in [-0.2, 0) is 51.0 Å². The van der Waals surface area contributed by atoms with Gasteiger partial charge in [-0.25, -0.2) is 24.5 Å². The van der Waals surface area contributed by atoms with E-state index in [9.17, 15) is 19.2 Å². The Morgan fingerprint density at radius 1 is 0.395 bits per heavy atom. The monoisotopic (exact) mass is 2040 g/mol. The van der Waals surface area contributed by atoms with Crippen LogP contribution >= 0.6 is 11.8 Å². The number of aryl methyl sites for hydroxylation is 2. The first-order valence-corrected chi connectivity index (χ1v) is 48.5. The number of pyridine rings is 5. The molecule has 0 bridgehead atoms. The fourth-order valence-corrected chi connectivity index (χ4v) is 17.5. The SMILES string of the molecule is C.C1CCC(NC2CCCCC2)CC1.C[n+]1c[nH]c2c(N)ncnc21.NC1CCCc2ccccc21.Nc1ccc2cccnc2c1.Nc1cccc2cccnc12.Nc1ncnc2nccnc12.O=Cc1cccc2ccccc12.O=Cc1ccnc2ccccc12.O=Cc1ccnc2ccccc12.O=Cc1cncc2ccccc12.[CH-]=O.[Y].c1ccc(Nc2ccccc2)cc1.c1ccc2c(c1)Nc1ccccc1S2. The predicted octanol–water partition coefficient (Wildman–Crippen LogP) is 24.7. The number of carbonyl (C=O) groups is 4. The van der Waals surface area contributed by atoms with E-state index in [4.69, 9.17) is 33.5 Å². The van der Waals surface area contributed by atoms with Crippen molar-refractivity contribution in [3.05, 3.63) is 423 Å². The minimum Gasteiger partial charge on any atom is -0.545 e. The molecule has 1 aliphatic heterocycles. The first-order valence-electron chi connectivity index (χ1n) is 47.7. The molecule has 28 heteroatoms. The van der Waals surface area contributed by atoms with Gasteiger partial charge in [0.2, 0.25) is 5.52 Å². The predicted molar refractivity (Wildman–Crippen MR) is 595 cm³/mol. The summed E-state index contributed by atoms with van der Waals surface area (Å²) in [6, 6.07) is 107. The van der Waals surface area contributed by atoms with E-state index in [0.29, 0.717) is 45.5 Å². The Bertz CT molecular complexity index is 7110. The molecule has 4 aliphatic rings. The van der Waals surface area contributed by atoms with Crippen LogP contribution in [0.3, 0.4) is 0 Å². The fraction of sp³-hybridized carbons (Fsp3) is 0.151. The van der Waals surface area contributed by atoms with Crippen molar-refractivity contribution >= 4 is 177 Å². The number of para-hydroxylation sites is 7. The Morgan fingerprint density at radius 2 is 0.878 bits per heavy atom. The average Bonchev–Trinajstić information content (AvgIpc) is 1.76. The van der Waals surface area contributed by atoms with E-state index in [1.54, 1.807) is 68.0 Å². The van der Waals surface area contributed by atoms with Crippen LogP contribution in [0.15, 0.2) is 400 Å². The van der Waals surface area contributed by atoms with Gasteiger partial charge in [-0.15, -0.1) is 0 Å². The van der Waals surface area contributed by atoms with Gasteiger partial charge in [0.15, 0.2) is 55.1 Å². The van der Waals surface area contributed by atoms with Crippen LogP contribution in [0.25, 0.3) is 87.5 Å². The zero-order valence-electron chi connectivity index (χ0n) is 81.0. The van der Waals surface area contributed by atoms with Crippen molar-refractivity contribution in [3.8, 4) is 0 Å². The summed E-state index contributed by atoms with van der Waals surface area (Å²) in [4.78, 5) is 99.7. The number of nitrogens with one attached hydrogen (secondary N) is 4. The molecule has 14 N–H and O–H groups in total. The van der Waals surface area contributed by atoms with Crippen molar-refractivity contribution in [2.75, 3.05) is 33.6 Å². The van der Waals surface area contributed by atoms with Crippen molar-refractivity contribution in [1.82, 2.24) is 65.1 Å². The van der Waals surface area contributed by atoms with Gasteiger partial charge in [-0.1, -0.05) is 281 Å². The van der Waals surface area contributed by atoms with Crippen molar-refractivity contribution in [3.63, 3.8) is 0 Å². The summed E-state index contributed by atoms with van der Waals surface area (Å²) in [7, 11) is 1.89. The molecule has 0 saturated heterocycles. The summed E-state index contributed by atoms with van der Waals surface area (Å²) in [5, 5.41) is 18.7. The van der Waals surface area contributed by atoms with Gasteiger partial charge in [-0.05, 0) is 175 Å². The van der Waals surface area contributed by atoms with Crippen LogP contribution in [0.1, 0.15) is 143 Å². The number of aromatic nitrogens is 13. The smallest absolute Gasteiger partial charge is 0.306 e. The van der Waals surface area contributed by atoms with Gasteiger partial charge in [-0.3, -0.25) is 55.9 Å². The van der Waals surface area contributed by atoms with Gasteiger partial charge in [-0.2, -0.15) is 4.98 Å². The molecule has 1 unspecified atom stereocenters. The van der Waals surface area contributed by atoms with Gasteiger partial charge >= 0.3 is 5.65 Å². The van der Waals surface area contributed by atoms with Crippen LogP contribution in [-0.4, -0.2) is 104 Å². The second-order valence-electron chi connectivity index (χ2n) is 33.6. The molecule has 0 spiro atoms. The zero-order chi connectivity index (χ0) is 101. The molecular formula is C119H119N21O5SY. The summed E-state index contributed by atoms with van der Waals surface area (Å²) in [5.74, 6) is 0.846. The van der Waals surface area contributed by atoms with E-state index in [0.717, 1.165) is 148 Å². The number of rotatable bonds is 8. The topological polar surface area (TPSA) is 413 Å². The first kappa shape index (κ1) is 111. The van der Waals surface area contributed by atoms with Gasteiger partial charge in [0.1, 0.15) is 11.8 Å². The third kappa shape index (κ3) is 33.3. The molecule has 21 aromatic rings.